The molecule has 2 heteroatoms. The monoisotopic (exact) mass is 266 g/mol. The molecule has 0 atom stereocenters. The summed E-state index contributed by atoms with van der Waals surface area (Å²) in [5, 5.41) is 8.64. The molecule has 2 aromatic carbocycles. The van der Waals surface area contributed by atoms with Crippen molar-refractivity contribution in [2.75, 3.05) is 6.61 Å². The number of aliphatic hydroxyl groups is 1. The van der Waals surface area contributed by atoms with E-state index in [1.807, 2.05) is 24.3 Å². The first-order valence-corrected chi connectivity index (χ1v) is 6.58. The van der Waals surface area contributed by atoms with Crippen LogP contribution < -0.4 is 4.74 Å². The van der Waals surface area contributed by atoms with E-state index in [0.29, 0.717) is 6.61 Å². The average molecular weight is 266 g/mol. The third-order valence-electron chi connectivity index (χ3n) is 3.07. The van der Waals surface area contributed by atoms with E-state index in [1.54, 1.807) is 0 Å². The standard InChI is InChI=1S/C18H18O2/c1-14-5-6-15(2)17(12-14)13-20-18-9-7-16(8-10-18)4-3-11-19/h5-10,12,19H,11,13H2,1-2H3. The third kappa shape index (κ3) is 3.88. The van der Waals surface area contributed by atoms with Gasteiger partial charge in [0.15, 0.2) is 0 Å². The van der Waals surface area contributed by atoms with Gasteiger partial charge in [0.05, 0.1) is 0 Å². The normalized spacial score (nSPS) is 9.75. The van der Waals surface area contributed by atoms with Crippen molar-refractivity contribution in [3.8, 4) is 17.6 Å². The van der Waals surface area contributed by atoms with Crippen LogP contribution in [0.5, 0.6) is 5.75 Å². The molecule has 0 aliphatic rings. The first-order chi connectivity index (χ1) is 9.69. The van der Waals surface area contributed by atoms with Crippen molar-refractivity contribution in [2.45, 2.75) is 20.5 Å². The van der Waals surface area contributed by atoms with Crippen molar-refractivity contribution < 1.29 is 9.84 Å². The third-order valence-corrected chi connectivity index (χ3v) is 3.07. The molecule has 0 radical (unpaired) electrons. The Hall–Kier alpha value is -2.24. The van der Waals surface area contributed by atoms with Gasteiger partial charge in [-0.1, -0.05) is 35.6 Å². The molecule has 102 valence electrons. The van der Waals surface area contributed by atoms with E-state index in [4.69, 9.17) is 9.84 Å². The fraction of sp³-hybridized carbons (Fsp3) is 0.222. The Morgan fingerprint density at radius 1 is 1.05 bits per heavy atom. The number of aryl methyl sites for hydroxylation is 2. The smallest absolute Gasteiger partial charge is 0.119 e. The Kier molecular flexibility index (Phi) is 4.81. The Morgan fingerprint density at radius 3 is 2.50 bits per heavy atom. The molecule has 1 N–H and O–H groups in total. The lowest BCUT2D eigenvalue weighted by atomic mass is 10.1. The van der Waals surface area contributed by atoms with Gasteiger partial charge < -0.3 is 9.84 Å². The van der Waals surface area contributed by atoms with Gasteiger partial charge in [0.2, 0.25) is 0 Å². The van der Waals surface area contributed by atoms with Gasteiger partial charge in [-0.3, -0.25) is 0 Å². The number of hydrogen-bond acceptors (Lipinski definition) is 2. The van der Waals surface area contributed by atoms with Gasteiger partial charge in [-0.15, -0.1) is 0 Å². The Morgan fingerprint density at radius 2 is 1.80 bits per heavy atom. The summed E-state index contributed by atoms with van der Waals surface area (Å²) in [6.07, 6.45) is 0. The average Bonchev–Trinajstić information content (AvgIpc) is 2.47. The highest BCUT2D eigenvalue weighted by Gasteiger charge is 2.00. The van der Waals surface area contributed by atoms with Crippen molar-refractivity contribution in [3.05, 3.63) is 64.7 Å². The molecule has 0 aliphatic heterocycles. The lowest BCUT2D eigenvalue weighted by Crippen LogP contribution is -1.98. The van der Waals surface area contributed by atoms with Gasteiger partial charge in [-0.05, 0) is 49.2 Å². The van der Waals surface area contributed by atoms with E-state index >= 15 is 0 Å². The van der Waals surface area contributed by atoms with Crippen molar-refractivity contribution in [1.29, 1.82) is 0 Å². The fourth-order valence-corrected chi connectivity index (χ4v) is 1.89. The van der Waals surface area contributed by atoms with Gasteiger partial charge in [-0.25, -0.2) is 0 Å². The highest BCUT2D eigenvalue weighted by molar-refractivity contribution is 5.38. The van der Waals surface area contributed by atoms with Gasteiger partial charge in [0.25, 0.3) is 0 Å². The van der Waals surface area contributed by atoms with Crippen LogP contribution in [0.15, 0.2) is 42.5 Å². The molecule has 0 amide bonds. The maximum absolute atomic E-state index is 8.64. The molecular formula is C18H18O2. The van der Waals surface area contributed by atoms with Crippen molar-refractivity contribution >= 4 is 0 Å². The first kappa shape index (κ1) is 14.2. The molecule has 0 saturated heterocycles. The van der Waals surface area contributed by atoms with Crippen LogP contribution in [0.1, 0.15) is 22.3 Å². The Balaban J connectivity index is 2.02. The second kappa shape index (κ2) is 6.79. The topological polar surface area (TPSA) is 29.5 Å². The zero-order valence-corrected chi connectivity index (χ0v) is 11.8. The van der Waals surface area contributed by atoms with Crippen LogP contribution in [0.3, 0.4) is 0 Å². The van der Waals surface area contributed by atoms with Crippen LogP contribution in [0.2, 0.25) is 0 Å². The molecule has 20 heavy (non-hydrogen) atoms. The molecule has 0 aliphatic carbocycles. The molecule has 0 fully saturated rings. The van der Waals surface area contributed by atoms with E-state index in [2.05, 4.69) is 43.9 Å². The summed E-state index contributed by atoms with van der Waals surface area (Å²) in [7, 11) is 0. The maximum atomic E-state index is 8.64. The summed E-state index contributed by atoms with van der Waals surface area (Å²) in [4.78, 5) is 0. The van der Waals surface area contributed by atoms with Crippen LogP contribution in [-0.2, 0) is 6.61 Å². The van der Waals surface area contributed by atoms with E-state index < -0.39 is 0 Å². The SMILES string of the molecule is Cc1ccc(C)c(COc2ccc(C#CCO)cc2)c1. The van der Waals surface area contributed by atoms with Crippen LogP contribution in [0, 0.1) is 25.7 Å². The molecule has 2 rings (SSSR count). The summed E-state index contributed by atoms with van der Waals surface area (Å²) in [5.41, 5.74) is 4.55. The minimum absolute atomic E-state index is 0.120. The van der Waals surface area contributed by atoms with Gasteiger partial charge >= 0.3 is 0 Å². The fourth-order valence-electron chi connectivity index (χ4n) is 1.89. The molecule has 2 nitrogen and oxygen atoms in total. The Bertz CT molecular complexity index is 631. The molecular weight excluding hydrogens is 248 g/mol. The van der Waals surface area contributed by atoms with Crippen LogP contribution >= 0.6 is 0 Å². The van der Waals surface area contributed by atoms with Crippen molar-refractivity contribution in [1.82, 2.24) is 0 Å². The zero-order chi connectivity index (χ0) is 14.4. The predicted octanol–water partition coefficient (Wildman–Crippen LogP) is 3.23. The predicted molar refractivity (Wildman–Crippen MR) is 80.7 cm³/mol. The van der Waals surface area contributed by atoms with E-state index in [9.17, 15) is 0 Å². The maximum Gasteiger partial charge on any atom is 0.119 e. The van der Waals surface area contributed by atoms with Crippen molar-refractivity contribution in [3.63, 3.8) is 0 Å². The molecule has 0 bridgehead atoms. The van der Waals surface area contributed by atoms with Crippen LogP contribution in [0.4, 0.5) is 0 Å². The van der Waals surface area contributed by atoms with Crippen LogP contribution in [-0.4, -0.2) is 11.7 Å². The van der Waals surface area contributed by atoms with Gasteiger partial charge in [0.1, 0.15) is 19.0 Å². The molecule has 0 saturated carbocycles. The summed E-state index contributed by atoms with van der Waals surface area (Å²) in [6, 6.07) is 13.9. The minimum atomic E-state index is -0.120. The lowest BCUT2D eigenvalue weighted by Gasteiger charge is -2.09. The molecule has 0 aromatic heterocycles. The number of ether oxygens (including phenoxy) is 1. The minimum Gasteiger partial charge on any atom is -0.489 e. The molecule has 0 heterocycles. The van der Waals surface area contributed by atoms with Crippen LogP contribution in [0.25, 0.3) is 0 Å². The van der Waals surface area contributed by atoms with Gasteiger partial charge in [0, 0.05) is 5.56 Å². The largest absolute Gasteiger partial charge is 0.489 e. The molecule has 2 aromatic rings. The summed E-state index contributed by atoms with van der Waals surface area (Å²) in [5.74, 6) is 6.30. The summed E-state index contributed by atoms with van der Waals surface area (Å²) in [6.45, 7) is 4.61. The first-order valence-electron chi connectivity index (χ1n) is 6.58. The van der Waals surface area contributed by atoms with Gasteiger partial charge in [-0.2, -0.15) is 0 Å². The van der Waals surface area contributed by atoms with E-state index in [1.165, 1.54) is 16.7 Å². The highest BCUT2D eigenvalue weighted by Crippen LogP contribution is 2.16. The molecule has 0 spiro atoms. The number of rotatable bonds is 3. The second-order valence-electron chi connectivity index (χ2n) is 4.70. The summed E-state index contributed by atoms with van der Waals surface area (Å²) < 4.78 is 5.79. The molecule has 0 unspecified atom stereocenters. The number of hydrogen-bond donors (Lipinski definition) is 1. The van der Waals surface area contributed by atoms with Crippen molar-refractivity contribution in [2.24, 2.45) is 0 Å². The number of aliphatic hydroxyl groups excluding tert-OH is 1. The van der Waals surface area contributed by atoms with E-state index in [0.717, 1.165) is 11.3 Å². The number of benzene rings is 2. The Labute approximate surface area is 120 Å². The summed E-state index contributed by atoms with van der Waals surface area (Å²) >= 11 is 0. The quantitative estimate of drug-likeness (QED) is 0.864. The lowest BCUT2D eigenvalue weighted by molar-refractivity contribution is 0.305. The van der Waals surface area contributed by atoms with E-state index in [-0.39, 0.29) is 6.61 Å². The highest BCUT2D eigenvalue weighted by atomic mass is 16.5. The second-order valence-corrected chi connectivity index (χ2v) is 4.70. The zero-order valence-electron chi connectivity index (χ0n) is 11.8.